The van der Waals surface area contributed by atoms with Crippen molar-refractivity contribution in [3.63, 3.8) is 0 Å². The second-order valence-corrected chi connectivity index (χ2v) is 6.13. The fourth-order valence-corrected chi connectivity index (χ4v) is 3.06. The monoisotopic (exact) mass is 326 g/mol. The number of nitrogens with zero attached hydrogens (tertiary/aromatic N) is 2. The summed E-state index contributed by atoms with van der Waals surface area (Å²) < 4.78 is 1.03. The van der Waals surface area contributed by atoms with E-state index in [1.807, 2.05) is 6.07 Å². The highest BCUT2D eigenvalue weighted by molar-refractivity contribution is 9.10. The maximum Gasteiger partial charge on any atom is 0.0702 e. The number of benzene rings is 1. The second kappa shape index (κ2) is 6.73. The zero-order valence-corrected chi connectivity index (χ0v) is 13.4. The van der Waals surface area contributed by atoms with Crippen LogP contribution >= 0.6 is 15.9 Å². The van der Waals surface area contributed by atoms with Crippen LogP contribution in [-0.2, 0) is 6.61 Å². The summed E-state index contributed by atoms with van der Waals surface area (Å²) in [6, 6.07) is 6.84. The van der Waals surface area contributed by atoms with Crippen LogP contribution in [-0.4, -0.2) is 42.2 Å². The van der Waals surface area contributed by atoms with Crippen molar-refractivity contribution >= 4 is 21.6 Å². The molecule has 1 atom stereocenters. The topological polar surface area (TPSA) is 26.7 Å². The van der Waals surface area contributed by atoms with Crippen molar-refractivity contribution in [3.05, 3.63) is 28.2 Å². The number of hydrogen-bond donors (Lipinski definition) is 1. The molecule has 3 nitrogen and oxygen atoms in total. The van der Waals surface area contributed by atoms with E-state index in [1.54, 1.807) is 0 Å². The minimum absolute atomic E-state index is 0.0976. The normalized spacial score (nSPS) is 18.6. The van der Waals surface area contributed by atoms with Crippen LogP contribution in [0.1, 0.15) is 25.8 Å². The van der Waals surface area contributed by atoms with Crippen LogP contribution in [0.15, 0.2) is 22.7 Å². The summed E-state index contributed by atoms with van der Waals surface area (Å²) in [5.74, 6) is 0. The van der Waals surface area contributed by atoms with Gasteiger partial charge < -0.3 is 10.0 Å². The maximum atomic E-state index is 9.49. The standard InChI is InChI=1S/C15H23BrN2O/c1-3-12(2)17-6-8-18(9-7-17)15-5-4-14(16)10-13(15)11-19/h4-5,10,12,19H,3,6-9,11H2,1-2H3. The van der Waals surface area contributed by atoms with E-state index >= 15 is 0 Å². The van der Waals surface area contributed by atoms with Crippen molar-refractivity contribution in [1.82, 2.24) is 4.90 Å². The SMILES string of the molecule is CCC(C)N1CCN(c2ccc(Br)cc2CO)CC1. The molecule has 2 rings (SSSR count). The third-order valence-corrected chi connectivity index (χ3v) is 4.57. The molecule has 1 aliphatic rings. The lowest BCUT2D eigenvalue weighted by Crippen LogP contribution is -2.49. The van der Waals surface area contributed by atoms with Gasteiger partial charge in [-0.25, -0.2) is 0 Å². The molecule has 0 saturated carbocycles. The molecule has 106 valence electrons. The molecule has 1 fully saturated rings. The molecule has 0 spiro atoms. The van der Waals surface area contributed by atoms with E-state index in [0.717, 1.165) is 36.2 Å². The first-order valence-corrected chi connectivity index (χ1v) is 7.83. The van der Waals surface area contributed by atoms with Crippen molar-refractivity contribution in [2.75, 3.05) is 31.1 Å². The van der Waals surface area contributed by atoms with Crippen LogP contribution < -0.4 is 4.90 Å². The van der Waals surface area contributed by atoms with Gasteiger partial charge >= 0.3 is 0 Å². The van der Waals surface area contributed by atoms with Crippen molar-refractivity contribution in [3.8, 4) is 0 Å². The Labute approximate surface area is 124 Å². The Hall–Kier alpha value is -0.580. The molecule has 1 saturated heterocycles. The first-order chi connectivity index (χ1) is 9.15. The molecule has 0 amide bonds. The van der Waals surface area contributed by atoms with E-state index in [4.69, 9.17) is 0 Å². The van der Waals surface area contributed by atoms with Gasteiger partial charge in [0, 0.05) is 47.9 Å². The van der Waals surface area contributed by atoms with Gasteiger partial charge in [0.15, 0.2) is 0 Å². The number of hydrogen-bond acceptors (Lipinski definition) is 3. The van der Waals surface area contributed by atoms with Crippen molar-refractivity contribution in [1.29, 1.82) is 0 Å². The van der Waals surface area contributed by atoms with E-state index in [-0.39, 0.29) is 6.61 Å². The largest absolute Gasteiger partial charge is 0.392 e. The van der Waals surface area contributed by atoms with Crippen LogP contribution in [0.5, 0.6) is 0 Å². The highest BCUT2D eigenvalue weighted by atomic mass is 79.9. The summed E-state index contributed by atoms with van der Waals surface area (Å²) >= 11 is 3.46. The van der Waals surface area contributed by atoms with Gasteiger partial charge in [0.1, 0.15) is 0 Å². The molecule has 1 unspecified atom stereocenters. The molecular weight excluding hydrogens is 304 g/mol. The number of rotatable bonds is 4. The Morgan fingerprint density at radius 1 is 1.26 bits per heavy atom. The van der Waals surface area contributed by atoms with Gasteiger partial charge in [-0.05, 0) is 31.5 Å². The van der Waals surface area contributed by atoms with Crippen LogP contribution in [0.3, 0.4) is 0 Å². The van der Waals surface area contributed by atoms with Crippen molar-refractivity contribution in [2.45, 2.75) is 32.9 Å². The highest BCUT2D eigenvalue weighted by Crippen LogP contribution is 2.26. The van der Waals surface area contributed by atoms with Gasteiger partial charge in [-0.3, -0.25) is 4.90 Å². The molecule has 1 heterocycles. The van der Waals surface area contributed by atoms with Crippen LogP contribution in [0, 0.1) is 0 Å². The highest BCUT2D eigenvalue weighted by Gasteiger charge is 2.21. The molecular formula is C15H23BrN2O. The molecule has 0 aromatic heterocycles. The van der Waals surface area contributed by atoms with Gasteiger partial charge in [0.05, 0.1) is 6.61 Å². The summed E-state index contributed by atoms with van der Waals surface area (Å²) in [5.41, 5.74) is 2.18. The van der Waals surface area contributed by atoms with E-state index in [9.17, 15) is 5.11 Å². The number of aliphatic hydroxyl groups excluding tert-OH is 1. The minimum Gasteiger partial charge on any atom is -0.392 e. The Balaban J connectivity index is 2.05. The molecule has 0 radical (unpaired) electrons. The molecule has 0 aliphatic carbocycles. The Morgan fingerprint density at radius 2 is 1.95 bits per heavy atom. The van der Waals surface area contributed by atoms with E-state index in [1.165, 1.54) is 12.1 Å². The number of aliphatic hydroxyl groups is 1. The Bertz CT molecular complexity index is 417. The lowest BCUT2D eigenvalue weighted by Gasteiger charge is -2.39. The zero-order chi connectivity index (χ0) is 13.8. The summed E-state index contributed by atoms with van der Waals surface area (Å²) in [4.78, 5) is 4.94. The fourth-order valence-electron chi connectivity index (χ4n) is 2.65. The summed E-state index contributed by atoms with van der Waals surface area (Å²) in [6.45, 7) is 8.94. The lowest BCUT2D eigenvalue weighted by atomic mass is 10.1. The molecule has 1 aromatic carbocycles. The van der Waals surface area contributed by atoms with Gasteiger partial charge in [0.25, 0.3) is 0 Å². The van der Waals surface area contributed by atoms with Gasteiger partial charge in [-0.15, -0.1) is 0 Å². The number of halogens is 1. The van der Waals surface area contributed by atoms with E-state index in [0.29, 0.717) is 6.04 Å². The van der Waals surface area contributed by atoms with Crippen LogP contribution in [0.25, 0.3) is 0 Å². The molecule has 1 N–H and O–H groups in total. The zero-order valence-electron chi connectivity index (χ0n) is 11.8. The number of anilines is 1. The molecule has 4 heteroatoms. The maximum absolute atomic E-state index is 9.49. The molecule has 1 aliphatic heterocycles. The third-order valence-electron chi connectivity index (χ3n) is 4.08. The van der Waals surface area contributed by atoms with Crippen molar-refractivity contribution < 1.29 is 5.11 Å². The Morgan fingerprint density at radius 3 is 2.53 bits per heavy atom. The first kappa shape index (κ1) is 14.8. The fraction of sp³-hybridized carbons (Fsp3) is 0.600. The molecule has 0 bridgehead atoms. The third kappa shape index (κ3) is 3.50. The summed E-state index contributed by atoms with van der Waals surface area (Å²) in [5, 5.41) is 9.49. The summed E-state index contributed by atoms with van der Waals surface area (Å²) in [7, 11) is 0. The first-order valence-electron chi connectivity index (χ1n) is 7.04. The number of piperazine rings is 1. The average Bonchev–Trinajstić information content (AvgIpc) is 2.46. The second-order valence-electron chi connectivity index (χ2n) is 5.21. The quantitative estimate of drug-likeness (QED) is 0.921. The van der Waals surface area contributed by atoms with E-state index in [2.05, 4.69) is 51.7 Å². The predicted molar refractivity (Wildman–Crippen MR) is 83.6 cm³/mol. The Kier molecular flexibility index (Phi) is 5.25. The minimum atomic E-state index is 0.0976. The van der Waals surface area contributed by atoms with Gasteiger partial charge in [0.2, 0.25) is 0 Å². The molecule has 1 aromatic rings. The van der Waals surface area contributed by atoms with Crippen LogP contribution in [0.2, 0.25) is 0 Å². The van der Waals surface area contributed by atoms with E-state index < -0.39 is 0 Å². The lowest BCUT2D eigenvalue weighted by molar-refractivity contribution is 0.192. The van der Waals surface area contributed by atoms with Gasteiger partial charge in [-0.1, -0.05) is 22.9 Å². The smallest absolute Gasteiger partial charge is 0.0702 e. The van der Waals surface area contributed by atoms with Crippen LogP contribution in [0.4, 0.5) is 5.69 Å². The van der Waals surface area contributed by atoms with Gasteiger partial charge in [-0.2, -0.15) is 0 Å². The van der Waals surface area contributed by atoms with Crippen molar-refractivity contribution in [2.24, 2.45) is 0 Å². The average molecular weight is 327 g/mol. The summed E-state index contributed by atoms with van der Waals surface area (Å²) in [6.07, 6.45) is 1.21. The molecule has 19 heavy (non-hydrogen) atoms. The predicted octanol–water partition coefficient (Wildman–Crippen LogP) is 2.86.